The Hall–Kier alpha value is -0.700. The molecule has 1 atom stereocenters. The minimum atomic E-state index is 0.698. The van der Waals surface area contributed by atoms with Crippen molar-refractivity contribution in [1.29, 1.82) is 0 Å². The first-order valence-corrected chi connectivity index (χ1v) is 6.94. The van der Waals surface area contributed by atoms with Crippen LogP contribution in [0.15, 0.2) is 22.7 Å². The average molecular weight is 281 g/mol. The molecule has 1 fully saturated rings. The summed E-state index contributed by atoms with van der Waals surface area (Å²) in [7, 11) is 0. The maximum absolute atomic E-state index is 3.57. The van der Waals surface area contributed by atoms with Gasteiger partial charge in [0.15, 0.2) is 0 Å². The molecule has 86 valence electrons. The van der Waals surface area contributed by atoms with Crippen LogP contribution in [-0.4, -0.2) is 19.1 Å². The lowest BCUT2D eigenvalue weighted by atomic mass is 10.1. The summed E-state index contributed by atoms with van der Waals surface area (Å²) in [6.45, 7) is 2.32. The molecule has 2 aliphatic rings. The number of anilines is 2. The van der Waals surface area contributed by atoms with Gasteiger partial charge in [0.05, 0.1) is 11.4 Å². The molecule has 0 bridgehead atoms. The molecule has 0 radical (unpaired) electrons. The van der Waals surface area contributed by atoms with Crippen molar-refractivity contribution >= 4 is 27.3 Å². The molecule has 3 heteroatoms. The summed E-state index contributed by atoms with van der Waals surface area (Å²) in [6.07, 6.45) is 5.43. The zero-order valence-electron chi connectivity index (χ0n) is 9.38. The second-order valence-corrected chi connectivity index (χ2v) is 5.65. The van der Waals surface area contributed by atoms with E-state index in [-0.39, 0.29) is 0 Å². The van der Waals surface area contributed by atoms with Crippen LogP contribution < -0.4 is 10.2 Å². The smallest absolute Gasteiger partial charge is 0.0616 e. The van der Waals surface area contributed by atoms with Gasteiger partial charge in [-0.2, -0.15) is 0 Å². The molecule has 16 heavy (non-hydrogen) atoms. The molecule has 0 spiro atoms. The van der Waals surface area contributed by atoms with Gasteiger partial charge < -0.3 is 10.2 Å². The summed E-state index contributed by atoms with van der Waals surface area (Å²) in [5, 5.41) is 3.55. The highest BCUT2D eigenvalue weighted by Gasteiger charge is 2.26. The highest BCUT2D eigenvalue weighted by atomic mass is 79.9. The predicted octanol–water partition coefficient (Wildman–Crippen LogP) is 3.62. The third kappa shape index (κ3) is 1.81. The number of halogens is 1. The van der Waals surface area contributed by atoms with Gasteiger partial charge >= 0.3 is 0 Å². The SMILES string of the molecule is Brc1ccc2c(c1)N1CCCCCC1CN2. The van der Waals surface area contributed by atoms with Gasteiger partial charge in [0, 0.05) is 23.6 Å². The van der Waals surface area contributed by atoms with Crippen molar-refractivity contribution in [2.24, 2.45) is 0 Å². The van der Waals surface area contributed by atoms with Crippen molar-refractivity contribution in [1.82, 2.24) is 0 Å². The van der Waals surface area contributed by atoms with Crippen molar-refractivity contribution in [2.75, 3.05) is 23.3 Å². The molecule has 1 saturated heterocycles. The number of nitrogens with zero attached hydrogens (tertiary/aromatic N) is 1. The van der Waals surface area contributed by atoms with Crippen LogP contribution in [0.5, 0.6) is 0 Å². The molecule has 1 N–H and O–H groups in total. The molecule has 1 aromatic rings. The van der Waals surface area contributed by atoms with Crippen molar-refractivity contribution in [3.63, 3.8) is 0 Å². The van der Waals surface area contributed by atoms with E-state index in [2.05, 4.69) is 44.3 Å². The van der Waals surface area contributed by atoms with Crippen LogP contribution in [0, 0.1) is 0 Å². The Morgan fingerprint density at radius 2 is 2.19 bits per heavy atom. The van der Waals surface area contributed by atoms with E-state index in [4.69, 9.17) is 0 Å². The number of nitrogens with one attached hydrogen (secondary N) is 1. The molecule has 0 amide bonds. The Labute approximate surface area is 105 Å². The summed E-state index contributed by atoms with van der Waals surface area (Å²) in [5.41, 5.74) is 2.67. The van der Waals surface area contributed by atoms with Crippen LogP contribution in [0.1, 0.15) is 25.7 Å². The fourth-order valence-corrected chi connectivity index (χ4v) is 3.18. The monoisotopic (exact) mass is 280 g/mol. The average Bonchev–Trinajstić information content (AvgIpc) is 2.54. The molecule has 2 nitrogen and oxygen atoms in total. The lowest BCUT2D eigenvalue weighted by molar-refractivity contribution is 0.583. The normalized spacial score (nSPS) is 24.1. The molecule has 1 unspecified atom stereocenters. The molecule has 2 aliphatic heterocycles. The Balaban J connectivity index is 1.98. The number of fused-ring (bicyclic) bond motifs is 3. The maximum Gasteiger partial charge on any atom is 0.0616 e. The van der Waals surface area contributed by atoms with Gasteiger partial charge in [-0.1, -0.05) is 28.8 Å². The third-order valence-corrected chi connectivity index (χ3v) is 4.17. The van der Waals surface area contributed by atoms with Crippen LogP contribution in [-0.2, 0) is 0 Å². The van der Waals surface area contributed by atoms with Crippen LogP contribution in [0.25, 0.3) is 0 Å². The Bertz CT molecular complexity index is 392. The fraction of sp³-hybridized carbons (Fsp3) is 0.538. The summed E-state index contributed by atoms with van der Waals surface area (Å²) in [4.78, 5) is 2.60. The van der Waals surface area contributed by atoms with Crippen molar-refractivity contribution in [3.8, 4) is 0 Å². The summed E-state index contributed by atoms with van der Waals surface area (Å²) >= 11 is 3.57. The highest BCUT2D eigenvalue weighted by molar-refractivity contribution is 9.10. The largest absolute Gasteiger partial charge is 0.381 e. The number of hydrogen-bond donors (Lipinski definition) is 1. The van der Waals surface area contributed by atoms with E-state index < -0.39 is 0 Å². The first kappa shape index (κ1) is 10.5. The van der Waals surface area contributed by atoms with Crippen LogP contribution in [0.3, 0.4) is 0 Å². The Kier molecular flexibility index (Phi) is 2.80. The lowest BCUT2D eigenvalue weighted by Crippen LogP contribution is -2.43. The van der Waals surface area contributed by atoms with Gasteiger partial charge in [-0.05, 0) is 31.0 Å². The maximum atomic E-state index is 3.57. The first-order valence-electron chi connectivity index (χ1n) is 6.15. The number of rotatable bonds is 0. The molecule has 0 saturated carbocycles. The van der Waals surface area contributed by atoms with Crippen LogP contribution in [0.4, 0.5) is 11.4 Å². The minimum Gasteiger partial charge on any atom is -0.381 e. The number of hydrogen-bond acceptors (Lipinski definition) is 2. The predicted molar refractivity (Wildman–Crippen MR) is 72.2 cm³/mol. The van der Waals surface area contributed by atoms with Gasteiger partial charge in [0.25, 0.3) is 0 Å². The van der Waals surface area contributed by atoms with E-state index in [1.807, 2.05) is 0 Å². The summed E-state index contributed by atoms with van der Waals surface area (Å²) in [5.74, 6) is 0. The van der Waals surface area contributed by atoms with Gasteiger partial charge in [-0.25, -0.2) is 0 Å². The highest BCUT2D eigenvalue weighted by Crippen LogP contribution is 2.36. The van der Waals surface area contributed by atoms with Crippen molar-refractivity contribution in [3.05, 3.63) is 22.7 Å². The quantitative estimate of drug-likeness (QED) is 0.781. The van der Waals surface area contributed by atoms with E-state index in [9.17, 15) is 0 Å². The first-order chi connectivity index (χ1) is 7.84. The van der Waals surface area contributed by atoms with E-state index in [0.29, 0.717) is 6.04 Å². The van der Waals surface area contributed by atoms with Crippen LogP contribution in [0.2, 0.25) is 0 Å². The molecular formula is C13H17BrN2. The van der Waals surface area contributed by atoms with E-state index in [1.165, 1.54) is 48.1 Å². The molecule has 0 aromatic heterocycles. The molecule has 0 aliphatic carbocycles. The molecule has 3 rings (SSSR count). The molecule has 1 aromatic carbocycles. The number of benzene rings is 1. The van der Waals surface area contributed by atoms with E-state index in [0.717, 1.165) is 6.54 Å². The fourth-order valence-electron chi connectivity index (χ4n) is 2.83. The van der Waals surface area contributed by atoms with Crippen LogP contribution >= 0.6 is 15.9 Å². The third-order valence-electron chi connectivity index (χ3n) is 3.67. The summed E-state index contributed by atoms with van der Waals surface area (Å²) in [6, 6.07) is 7.24. The molecule has 2 heterocycles. The van der Waals surface area contributed by atoms with Gasteiger partial charge in [-0.3, -0.25) is 0 Å². The van der Waals surface area contributed by atoms with Crippen molar-refractivity contribution < 1.29 is 0 Å². The van der Waals surface area contributed by atoms with E-state index in [1.54, 1.807) is 0 Å². The topological polar surface area (TPSA) is 15.3 Å². The van der Waals surface area contributed by atoms with Gasteiger partial charge in [-0.15, -0.1) is 0 Å². The van der Waals surface area contributed by atoms with E-state index >= 15 is 0 Å². The van der Waals surface area contributed by atoms with Gasteiger partial charge in [0.1, 0.15) is 0 Å². The summed E-state index contributed by atoms with van der Waals surface area (Å²) < 4.78 is 1.18. The Morgan fingerprint density at radius 1 is 1.25 bits per heavy atom. The standard InChI is InChI=1S/C13H17BrN2/c14-10-5-6-12-13(8-10)16-7-3-1-2-4-11(16)9-15-12/h5-6,8,11,15H,1-4,7,9H2. The Morgan fingerprint density at radius 3 is 3.12 bits per heavy atom. The zero-order valence-corrected chi connectivity index (χ0v) is 11.0. The molecular weight excluding hydrogens is 264 g/mol. The zero-order chi connectivity index (χ0) is 11.0. The minimum absolute atomic E-state index is 0.698. The van der Waals surface area contributed by atoms with Gasteiger partial charge in [0.2, 0.25) is 0 Å². The van der Waals surface area contributed by atoms with Crippen molar-refractivity contribution in [2.45, 2.75) is 31.7 Å². The second kappa shape index (κ2) is 4.28. The second-order valence-electron chi connectivity index (χ2n) is 4.74. The lowest BCUT2D eigenvalue weighted by Gasteiger charge is -2.38.